The van der Waals surface area contributed by atoms with Gasteiger partial charge in [0, 0.05) is 66.2 Å². The van der Waals surface area contributed by atoms with Crippen LogP contribution in [0.5, 0.6) is 5.75 Å². The van der Waals surface area contributed by atoms with Crippen LogP contribution in [0.2, 0.25) is 5.02 Å². The van der Waals surface area contributed by atoms with Gasteiger partial charge in [-0.05, 0) is 36.6 Å². The van der Waals surface area contributed by atoms with Crippen molar-refractivity contribution in [1.29, 1.82) is 0 Å². The topological polar surface area (TPSA) is 71.1 Å². The number of benzene rings is 1. The Bertz CT molecular complexity index is 1430. The summed E-state index contributed by atoms with van der Waals surface area (Å²) in [6, 6.07) is 6.17. The summed E-state index contributed by atoms with van der Waals surface area (Å²) in [5.41, 5.74) is 4.70. The third-order valence-corrected chi connectivity index (χ3v) is 6.76. The number of halogens is 2. The van der Waals surface area contributed by atoms with Gasteiger partial charge < -0.3 is 14.6 Å². The zero-order valence-electron chi connectivity index (χ0n) is 19.3. The second-order valence-electron chi connectivity index (χ2n) is 8.94. The number of carbonyl (C=O) groups is 1. The average Bonchev–Trinajstić information content (AvgIpc) is 3.40. The van der Waals surface area contributed by atoms with Crippen LogP contribution >= 0.6 is 11.6 Å². The van der Waals surface area contributed by atoms with Gasteiger partial charge in [0.15, 0.2) is 0 Å². The third-order valence-electron chi connectivity index (χ3n) is 6.38. The number of fused-ring (bicyclic) bond motifs is 1. The quantitative estimate of drug-likeness (QED) is 0.386. The van der Waals surface area contributed by atoms with Crippen molar-refractivity contribution in [2.45, 2.75) is 19.3 Å². The summed E-state index contributed by atoms with van der Waals surface area (Å²) in [4.78, 5) is 26.6. The van der Waals surface area contributed by atoms with Crippen LogP contribution in [0.1, 0.15) is 35.3 Å². The van der Waals surface area contributed by atoms with Gasteiger partial charge in [0.2, 0.25) is 0 Å². The third kappa shape index (κ3) is 3.70. The van der Waals surface area contributed by atoms with Crippen molar-refractivity contribution in [3.8, 4) is 28.0 Å². The molecule has 174 valence electrons. The van der Waals surface area contributed by atoms with Gasteiger partial charge in [0.05, 0.1) is 23.4 Å². The molecule has 8 heteroatoms. The molecule has 0 saturated heterocycles. The second-order valence-corrected chi connectivity index (χ2v) is 9.32. The summed E-state index contributed by atoms with van der Waals surface area (Å²) >= 11 is 7.11. The van der Waals surface area contributed by atoms with Crippen molar-refractivity contribution >= 4 is 28.5 Å². The van der Waals surface area contributed by atoms with E-state index in [9.17, 15) is 9.18 Å². The molecule has 0 spiro atoms. The fraction of sp³-hybridized carbons (Fsp3) is 0.269. The normalized spacial score (nSPS) is 17.1. The van der Waals surface area contributed by atoms with Crippen molar-refractivity contribution in [1.82, 2.24) is 19.9 Å². The van der Waals surface area contributed by atoms with E-state index >= 15 is 0 Å². The maximum Gasteiger partial charge on any atom is 0.254 e. The van der Waals surface area contributed by atoms with E-state index in [2.05, 4.69) is 16.9 Å². The molecule has 1 N–H and O–H groups in total. The fourth-order valence-corrected chi connectivity index (χ4v) is 4.83. The van der Waals surface area contributed by atoms with E-state index in [0.29, 0.717) is 44.4 Å². The monoisotopic (exact) mass is 478 g/mol. The standard InChI is InChI=1S/C26H24ClFN4O2/c1-13-7-17(13)24-21(14-8-15(11-29-10-14)26(33)32(2)3)23(27)22-19(12-30-25(22)31-24)18-9-16(28)5-6-20(18)34-4/h5-6,8-13,17H,7H2,1-4H3,(H,30,31)/t13?,17-/m0/s1. The number of carbonyl (C=O) groups excluding carboxylic acids is 1. The van der Waals surface area contributed by atoms with Crippen LogP contribution in [0.15, 0.2) is 42.9 Å². The van der Waals surface area contributed by atoms with Crippen molar-refractivity contribution in [2.24, 2.45) is 5.92 Å². The molecule has 0 aliphatic heterocycles. The first kappa shape index (κ1) is 22.3. The van der Waals surface area contributed by atoms with Crippen molar-refractivity contribution in [3.05, 3.63) is 65.0 Å². The van der Waals surface area contributed by atoms with Gasteiger partial charge >= 0.3 is 0 Å². The molecule has 2 atom stereocenters. The molecule has 3 heterocycles. The first-order valence-electron chi connectivity index (χ1n) is 11.0. The van der Waals surface area contributed by atoms with Gasteiger partial charge in [0.25, 0.3) is 5.91 Å². The molecule has 1 fully saturated rings. The Kier molecular flexibility index (Phi) is 5.52. The molecule has 1 unspecified atom stereocenters. The molecule has 1 saturated carbocycles. The van der Waals surface area contributed by atoms with Gasteiger partial charge in [0.1, 0.15) is 17.2 Å². The lowest BCUT2D eigenvalue weighted by molar-refractivity contribution is 0.0827. The minimum Gasteiger partial charge on any atom is -0.496 e. The Morgan fingerprint density at radius 3 is 2.68 bits per heavy atom. The number of rotatable bonds is 5. The predicted octanol–water partition coefficient (Wildman–Crippen LogP) is 5.92. The summed E-state index contributed by atoms with van der Waals surface area (Å²) in [5, 5.41) is 1.15. The molecule has 34 heavy (non-hydrogen) atoms. The minimum atomic E-state index is -0.378. The number of amides is 1. The summed E-state index contributed by atoms with van der Waals surface area (Å²) in [6.07, 6.45) is 6.03. The van der Waals surface area contributed by atoms with Crippen LogP contribution in [0, 0.1) is 11.7 Å². The molecule has 1 aliphatic rings. The minimum absolute atomic E-state index is 0.146. The molecular formula is C26H24ClFN4O2. The molecule has 0 bridgehead atoms. The predicted molar refractivity (Wildman–Crippen MR) is 131 cm³/mol. The summed E-state index contributed by atoms with van der Waals surface area (Å²) < 4.78 is 19.7. The van der Waals surface area contributed by atoms with E-state index in [0.717, 1.165) is 23.2 Å². The van der Waals surface area contributed by atoms with Crippen LogP contribution in [-0.4, -0.2) is 47.0 Å². The number of hydrogen-bond acceptors (Lipinski definition) is 4. The summed E-state index contributed by atoms with van der Waals surface area (Å²) in [7, 11) is 4.94. The van der Waals surface area contributed by atoms with Gasteiger partial charge in [-0.15, -0.1) is 0 Å². The number of H-pyrrole nitrogens is 1. The van der Waals surface area contributed by atoms with Gasteiger partial charge in [-0.2, -0.15) is 0 Å². The Hall–Kier alpha value is -3.45. The highest BCUT2D eigenvalue weighted by molar-refractivity contribution is 6.39. The highest BCUT2D eigenvalue weighted by atomic mass is 35.5. The summed E-state index contributed by atoms with van der Waals surface area (Å²) in [5.74, 6) is 0.752. The van der Waals surface area contributed by atoms with E-state index in [4.69, 9.17) is 21.3 Å². The lowest BCUT2D eigenvalue weighted by Gasteiger charge is -2.15. The average molecular weight is 479 g/mol. The van der Waals surface area contributed by atoms with E-state index < -0.39 is 0 Å². The molecule has 1 aromatic carbocycles. The van der Waals surface area contributed by atoms with Crippen LogP contribution in [0.4, 0.5) is 4.39 Å². The first-order valence-corrected chi connectivity index (χ1v) is 11.4. The molecule has 6 nitrogen and oxygen atoms in total. The zero-order chi connectivity index (χ0) is 24.1. The Labute approximate surface area is 201 Å². The highest BCUT2D eigenvalue weighted by Gasteiger charge is 2.39. The lowest BCUT2D eigenvalue weighted by atomic mass is 9.97. The van der Waals surface area contributed by atoms with Crippen LogP contribution in [-0.2, 0) is 0 Å². The molecule has 1 aliphatic carbocycles. The van der Waals surface area contributed by atoms with Gasteiger partial charge in [-0.25, -0.2) is 9.37 Å². The largest absolute Gasteiger partial charge is 0.496 e. The number of pyridine rings is 2. The smallest absolute Gasteiger partial charge is 0.254 e. The molecule has 4 aromatic rings. The number of ether oxygens (including phenoxy) is 1. The number of hydrogen-bond donors (Lipinski definition) is 1. The number of nitrogens with zero attached hydrogens (tertiary/aromatic N) is 3. The number of aromatic amines is 1. The number of methoxy groups -OCH3 is 1. The van der Waals surface area contributed by atoms with Crippen molar-refractivity contribution in [2.75, 3.05) is 21.2 Å². The Morgan fingerprint density at radius 1 is 1.24 bits per heavy atom. The SMILES string of the molecule is COc1ccc(F)cc1-c1c[nH]c2nc([C@H]3CC3C)c(-c3cncc(C(=O)N(C)C)c3)c(Cl)c12. The fourth-order valence-electron chi connectivity index (χ4n) is 4.44. The maximum atomic E-state index is 14.2. The van der Waals surface area contributed by atoms with E-state index in [-0.39, 0.29) is 17.6 Å². The van der Waals surface area contributed by atoms with Gasteiger partial charge in [-0.1, -0.05) is 18.5 Å². The second kappa shape index (κ2) is 8.40. The first-order chi connectivity index (χ1) is 16.3. The zero-order valence-corrected chi connectivity index (χ0v) is 20.1. The van der Waals surface area contributed by atoms with E-state index in [1.165, 1.54) is 17.0 Å². The van der Waals surface area contributed by atoms with Crippen LogP contribution in [0.3, 0.4) is 0 Å². The van der Waals surface area contributed by atoms with Gasteiger partial charge in [-0.3, -0.25) is 9.78 Å². The van der Waals surface area contributed by atoms with Crippen LogP contribution in [0.25, 0.3) is 33.3 Å². The highest BCUT2D eigenvalue weighted by Crippen LogP contribution is 2.52. The Balaban J connectivity index is 1.78. The molecule has 5 rings (SSSR count). The van der Waals surface area contributed by atoms with Crippen LogP contribution < -0.4 is 4.74 Å². The van der Waals surface area contributed by atoms with E-state index in [1.807, 2.05) is 0 Å². The maximum absolute atomic E-state index is 14.2. The molecule has 0 radical (unpaired) electrons. The Morgan fingerprint density at radius 2 is 2.00 bits per heavy atom. The number of nitrogens with one attached hydrogen (secondary N) is 1. The number of aromatic nitrogens is 3. The molecule has 3 aromatic heterocycles. The lowest BCUT2D eigenvalue weighted by Crippen LogP contribution is -2.21. The molecular weight excluding hydrogens is 455 g/mol. The molecule has 1 amide bonds. The van der Waals surface area contributed by atoms with E-state index in [1.54, 1.807) is 51.9 Å². The van der Waals surface area contributed by atoms with Crippen molar-refractivity contribution < 1.29 is 13.9 Å². The van der Waals surface area contributed by atoms with Crippen molar-refractivity contribution in [3.63, 3.8) is 0 Å². The summed E-state index contributed by atoms with van der Waals surface area (Å²) in [6.45, 7) is 2.18.